The van der Waals surface area contributed by atoms with E-state index in [0.29, 0.717) is 0 Å². The predicted octanol–water partition coefficient (Wildman–Crippen LogP) is 3.02. The molecular weight excluding hydrogens is 286 g/mol. The third kappa shape index (κ3) is 3.60. The van der Waals surface area contributed by atoms with Gasteiger partial charge in [-0.25, -0.2) is 0 Å². The van der Waals surface area contributed by atoms with Gasteiger partial charge in [-0.1, -0.05) is 35.0 Å². The van der Waals surface area contributed by atoms with Crippen molar-refractivity contribution in [1.82, 2.24) is 10.3 Å². The first-order valence-corrected chi connectivity index (χ1v) is 7.28. The second-order valence-electron chi connectivity index (χ2n) is 4.93. The molecule has 1 aromatic heterocycles. The zero-order valence-electron chi connectivity index (χ0n) is 11.5. The molecule has 21 heavy (non-hydrogen) atoms. The van der Waals surface area contributed by atoms with Crippen LogP contribution in [-0.4, -0.2) is 23.3 Å². The van der Waals surface area contributed by atoms with Crippen molar-refractivity contribution in [2.45, 2.75) is 19.1 Å². The summed E-state index contributed by atoms with van der Waals surface area (Å²) < 4.78 is 0. The van der Waals surface area contributed by atoms with Crippen LogP contribution in [0.15, 0.2) is 53.9 Å². The molecule has 1 N–H and O–H groups in total. The molecule has 2 aromatic rings. The van der Waals surface area contributed by atoms with Crippen LogP contribution < -0.4 is 5.32 Å². The Morgan fingerprint density at radius 3 is 2.95 bits per heavy atom. The van der Waals surface area contributed by atoms with Gasteiger partial charge in [-0.15, -0.1) is 0 Å². The highest BCUT2D eigenvalue weighted by Gasteiger charge is 2.21. The summed E-state index contributed by atoms with van der Waals surface area (Å²) in [4.78, 5) is 9.55. The number of hydrogen-bond acceptors (Lipinski definition) is 4. The number of rotatable bonds is 5. The third-order valence-electron chi connectivity index (χ3n) is 3.37. The van der Waals surface area contributed by atoms with Crippen LogP contribution in [0.25, 0.3) is 0 Å². The third-order valence-corrected chi connectivity index (χ3v) is 3.74. The monoisotopic (exact) mass is 301 g/mol. The maximum Gasteiger partial charge on any atom is 0.145 e. The Hall–Kier alpha value is -1.91. The van der Waals surface area contributed by atoms with E-state index >= 15 is 0 Å². The maximum atomic E-state index is 6.12. The number of pyridine rings is 1. The number of hydrogen-bond donors (Lipinski definition) is 1. The zero-order chi connectivity index (χ0) is 14.5. The topological polar surface area (TPSA) is 46.5 Å². The molecule has 1 aromatic carbocycles. The van der Waals surface area contributed by atoms with Gasteiger partial charge in [0.05, 0.1) is 5.71 Å². The minimum atomic E-state index is 0.0580. The van der Waals surface area contributed by atoms with Gasteiger partial charge in [0.15, 0.2) is 0 Å². The van der Waals surface area contributed by atoms with E-state index in [0.717, 1.165) is 41.4 Å². The summed E-state index contributed by atoms with van der Waals surface area (Å²) in [7, 11) is 0. The number of oxime groups is 1. The number of halogens is 1. The number of nitrogens with one attached hydrogen (secondary N) is 1. The molecule has 0 fully saturated rings. The van der Waals surface area contributed by atoms with Gasteiger partial charge < -0.3 is 10.2 Å². The molecule has 0 bridgehead atoms. The molecule has 0 spiro atoms. The van der Waals surface area contributed by atoms with E-state index in [-0.39, 0.29) is 6.10 Å². The van der Waals surface area contributed by atoms with Crippen molar-refractivity contribution in [3.63, 3.8) is 0 Å². The van der Waals surface area contributed by atoms with Crippen LogP contribution in [0.3, 0.4) is 0 Å². The van der Waals surface area contributed by atoms with Crippen molar-refractivity contribution in [1.29, 1.82) is 0 Å². The van der Waals surface area contributed by atoms with E-state index in [1.165, 1.54) is 0 Å². The van der Waals surface area contributed by atoms with E-state index in [4.69, 9.17) is 16.4 Å². The highest BCUT2D eigenvalue weighted by Crippen LogP contribution is 2.17. The average molecular weight is 302 g/mol. The van der Waals surface area contributed by atoms with Crippen LogP contribution in [0.5, 0.6) is 0 Å². The highest BCUT2D eigenvalue weighted by atomic mass is 35.5. The summed E-state index contributed by atoms with van der Waals surface area (Å²) in [5.41, 5.74) is 3.06. The van der Waals surface area contributed by atoms with Crippen molar-refractivity contribution in [3.05, 3.63) is 64.9 Å². The molecule has 3 rings (SSSR count). The molecule has 0 aliphatic carbocycles. The van der Waals surface area contributed by atoms with Crippen molar-refractivity contribution in [2.24, 2.45) is 5.16 Å². The summed E-state index contributed by atoms with van der Waals surface area (Å²) in [6, 6.07) is 11.7. The Kier molecular flexibility index (Phi) is 4.48. The van der Waals surface area contributed by atoms with E-state index in [2.05, 4.69) is 15.5 Å². The lowest BCUT2D eigenvalue weighted by molar-refractivity contribution is 0.0848. The molecule has 0 radical (unpaired) electrons. The average Bonchev–Trinajstić information content (AvgIpc) is 2.99. The highest BCUT2D eigenvalue weighted by molar-refractivity contribution is 6.31. The molecule has 1 unspecified atom stereocenters. The normalized spacial score (nSPS) is 17.4. The molecule has 1 aliphatic heterocycles. The molecule has 1 aliphatic rings. The molecule has 108 valence electrons. The quantitative estimate of drug-likeness (QED) is 0.923. The lowest BCUT2D eigenvalue weighted by atomic mass is 10.1. The minimum absolute atomic E-state index is 0.0580. The largest absolute Gasteiger partial charge is 0.390 e. The van der Waals surface area contributed by atoms with E-state index in [1.54, 1.807) is 6.20 Å². The molecule has 4 nitrogen and oxygen atoms in total. The SMILES string of the molecule is Clc1ccccc1CNCC1CC(c2cccnc2)=NO1. The van der Waals surface area contributed by atoms with Gasteiger partial charge in [0, 0.05) is 42.5 Å². The Morgan fingerprint density at radius 1 is 1.24 bits per heavy atom. The molecule has 2 heterocycles. The van der Waals surface area contributed by atoms with Crippen LogP contribution in [-0.2, 0) is 11.4 Å². The van der Waals surface area contributed by atoms with Gasteiger partial charge in [0.1, 0.15) is 6.10 Å². The molecule has 0 saturated heterocycles. The number of benzene rings is 1. The molecule has 1 atom stereocenters. The Balaban J connectivity index is 1.48. The Bertz CT molecular complexity index is 630. The smallest absolute Gasteiger partial charge is 0.145 e. The molecule has 5 heteroatoms. The number of aromatic nitrogens is 1. The second kappa shape index (κ2) is 6.70. The summed E-state index contributed by atoms with van der Waals surface area (Å²) in [6.07, 6.45) is 4.41. The van der Waals surface area contributed by atoms with Gasteiger partial charge in [0.25, 0.3) is 0 Å². The molecule has 0 amide bonds. The van der Waals surface area contributed by atoms with Crippen molar-refractivity contribution >= 4 is 17.3 Å². The second-order valence-corrected chi connectivity index (χ2v) is 5.34. The minimum Gasteiger partial charge on any atom is -0.390 e. The van der Waals surface area contributed by atoms with Gasteiger partial charge in [-0.2, -0.15) is 0 Å². The van der Waals surface area contributed by atoms with E-state index in [9.17, 15) is 0 Å². The van der Waals surface area contributed by atoms with Crippen molar-refractivity contribution in [2.75, 3.05) is 6.54 Å². The molecular formula is C16H16ClN3O. The Morgan fingerprint density at radius 2 is 2.14 bits per heavy atom. The van der Waals surface area contributed by atoms with E-state index in [1.807, 2.05) is 42.6 Å². The van der Waals surface area contributed by atoms with Crippen molar-refractivity contribution < 1.29 is 4.84 Å². The first-order chi connectivity index (χ1) is 10.3. The number of nitrogens with zero attached hydrogens (tertiary/aromatic N) is 2. The summed E-state index contributed by atoms with van der Waals surface area (Å²) in [5.74, 6) is 0. The lowest BCUT2D eigenvalue weighted by Gasteiger charge is -2.10. The van der Waals surface area contributed by atoms with Gasteiger partial charge >= 0.3 is 0 Å². The standard InChI is InChI=1S/C16H16ClN3O/c17-15-6-2-1-4-12(15)9-19-11-14-8-16(20-21-14)13-5-3-7-18-10-13/h1-7,10,14,19H,8-9,11H2. The van der Waals surface area contributed by atoms with Gasteiger partial charge in [-0.05, 0) is 23.8 Å². The Labute approximate surface area is 128 Å². The first kappa shape index (κ1) is 14.0. The van der Waals surface area contributed by atoms with Crippen LogP contribution in [0.4, 0.5) is 0 Å². The van der Waals surface area contributed by atoms with Crippen LogP contribution in [0, 0.1) is 0 Å². The summed E-state index contributed by atoms with van der Waals surface area (Å²) >= 11 is 6.12. The molecule has 0 saturated carbocycles. The first-order valence-electron chi connectivity index (χ1n) is 6.90. The van der Waals surface area contributed by atoms with Crippen molar-refractivity contribution in [3.8, 4) is 0 Å². The fourth-order valence-corrected chi connectivity index (χ4v) is 2.45. The summed E-state index contributed by atoms with van der Waals surface area (Å²) in [6.45, 7) is 1.46. The fraction of sp³-hybridized carbons (Fsp3) is 0.250. The maximum absolute atomic E-state index is 6.12. The van der Waals surface area contributed by atoms with Crippen LogP contribution in [0.2, 0.25) is 5.02 Å². The van der Waals surface area contributed by atoms with Gasteiger partial charge in [0.2, 0.25) is 0 Å². The lowest BCUT2D eigenvalue weighted by Crippen LogP contribution is -2.26. The predicted molar refractivity (Wildman–Crippen MR) is 83.4 cm³/mol. The van der Waals surface area contributed by atoms with Crippen LogP contribution >= 0.6 is 11.6 Å². The van der Waals surface area contributed by atoms with Gasteiger partial charge in [-0.3, -0.25) is 4.98 Å². The fourth-order valence-electron chi connectivity index (χ4n) is 2.25. The zero-order valence-corrected chi connectivity index (χ0v) is 12.3. The summed E-state index contributed by atoms with van der Waals surface area (Å²) in [5, 5.41) is 8.28. The van der Waals surface area contributed by atoms with E-state index < -0.39 is 0 Å². The van der Waals surface area contributed by atoms with Crippen LogP contribution in [0.1, 0.15) is 17.5 Å².